The molecular formula is C19H26ClN3O4. The average molecular weight is 396 g/mol. The Hall–Kier alpha value is -1.99. The summed E-state index contributed by atoms with van der Waals surface area (Å²) in [5, 5.41) is 3.10. The average Bonchev–Trinajstić information content (AvgIpc) is 2.92. The van der Waals surface area contributed by atoms with Gasteiger partial charge in [-0.25, -0.2) is 0 Å². The van der Waals surface area contributed by atoms with E-state index in [4.69, 9.17) is 9.47 Å². The van der Waals surface area contributed by atoms with E-state index in [0.29, 0.717) is 43.4 Å². The minimum Gasteiger partial charge on any atom is -0.490 e. The molecule has 3 aliphatic heterocycles. The first kappa shape index (κ1) is 19.8. The number of carbonyl (C=O) groups excluding carboxylic acids is 2. The van der Waals surface area contributed by atoms with Crippen molar-refractivity contribution in [3.63, 3.8) is 0 Å². The maximum absolute atomic E-state index is 13.0. The topological polar surface area (TPSA) is 71.1 Å². The summed E-state index contributed by atoms with van der Waals surface area (Å²) < 4.78 is 11.3. The largest absolute Gasteiger partial charge is 0.490 e. The van der Waals surface area contributed by atoms with Crippen molar-refractivity contribution >= 4 is 24.2 Å². The molecule has 148 valence electrons. The Labute approximate surface area is 165 Å². The van der Waals surface area contributed by atoms with Gasteiger partial charge >= 0.3 is 0 Å². The fourth-order valence-electron chi connectivity index (χ4n) is 3.88. The lowest BCUT2D eigenvalue weighted by Gasteiger charge is -2.41. The lowest BCUT2D eigenvalue weighted by Crippen LogP contribution is -2.57. The third-order valence-corrected chi connectivity index (χ3v) is 5.25. The summed E-state index contributed by atoms with van der Waals surface area (Å²) in [6, 6.07) is 5.51. The molecule has 1 atom stereocenters. The number of piperidine rings is 1. The summed E-state index contributed by atoms with van der Waals surface area (Å²) in [5.74, 6) is 1.46. The van der Waals surface area contributed by atoms with Crippen LogP contribution in [0.3, 0.4) is 0 Å². The van der Waals surface area contributed by atoms with Crippen molar-refractivity contribution in [2.75, 3.05) is 45.9 Å². The lowest BCUT2D eigenvalue weighted by molar-refractivity contribution is -0.135. The number of carbonyl (C=O) groups is 2. The van der Waals surface area contributed by atoms with Gasteiger partial charge in [0.1, 0.15) is 0 Å². The van der Waals surface area contributed by atoms with E-state index in [2.05, 4.69) is 5.32 Å². The number of amides is 2. The fraction of sp³-hybridized carbons (Fsp3) is 0.579. The van der Waals surface area contributed by atoms with Crippen LogP contribution < -0.4 is 14.8 Å². The van der Waals surface area contributed by atoms with Crippen molar-refractivity contribution in [1.82, 2.24) is 15.1 Å². The zero-order valence-corrected chi connectivity index (χ0v) is 16.1. The normalized spacial score (nSPS) is 22.7. The summed E-state index contributed by atoms with van der Waals surface area (Å²) >= 11 is 0. The van der Waals surface area contributed by atoms with Crippen LogP contribution >= 0.6 is 12.4 Å². The molecule has 1 N–H and O–H groups in total. The van der Waals surface area contributed by atoms with Crippen LogP contribution in [0.2, 0.25) is 0 Å². The van der Waals surface area contributed by atoms with E-state index >= 15 is 0 Å². The number of likely N-dealkylation sites (tertiary alicyclic amines) is 1. The van der Waals surface area contributed by atoms with Gasteiger partial charge in [-0.05, 0) is 31.0 Å². The second-order valence-electron chi connectivity index (χ2n) is 7.02. The Bertz CT molecular complexity index is 700. The van der Waals surface area contributed by atoms with Crippen LogP contribution in [0.5, 0.6) is 11.5 Å². The van der Waals surface area contributed by atoms with Crippen molar-refractivity contribution in [1.29, 1.82) is 0 Å². The molecule has 3 heterocycles. The highest BCUT2D eigenvalue weighted by molar-refractivity contribution is 5.95. The molecule has 0 bridgehead atoms. The van der Waals surface area contributed by atoms with E-state index in [9.17, 15) is 9.59 Å². The highest BCUT2D eigenvalue weighted by Crippen LogP contribution is 2.31. The van der Waals surface area contributed by atoms with E-state index in [-0.39, 0.29) is 30.3 Å². The van der Waals surface area contributed by atoms with Gasteiger partial charge in [0.15, 0.2) is 11.5 Å². The Balaban J connectivity index is 0.00000210. The van der Waals surface area contributed by atoms with E-state index in [1.165, 1.54) is 0 Å². The molecule has 0 aliphatic carbocycles. The van der Waals surface area contributed by atoms with E-state index in [1.807, 2.05) is 15.9 Å². The quantitative estimate of drug-likeness (QED) is 0.817. The van der Waals surface area contributed by atoms with Gasteiger partial charge < -0.3 is 24.6 Å². The highest BCUT2D eigenvalue weighted by atomic mass is 35.5. The van der Waals surface area contributed by atoms with Gasteiger partial charge in [0.25, 0.3) is 5.91 Å². The van der Waals surface area contributed by atoms with Gasteiger partial charge in [0.2, 0.25) is 5.91 Å². The van der Waals surface area contributed by atoms with Crippen LogP contribution in [0.4, 0.5) is 0 Å². The van der Waals surface area contributed by atoms with Gasteiger partial charge in [0.05, 0.1) is 19.8 Å². The molecule has 2 saturated heterocycles. The molecule has 0 radical (unpaired) electrons. The zero-order chi connectivity index (χ0) is 17.9. The second-order valence-corrected chi connectivity index (χ2v) is 7.02. The Kier molecular flexibility index (Phi) is 6.44. The third kappa shape index (κ3) is 4.30. The SMILES string of the molecule is Cl.O=C(c1ccc2c(c1)OCCCO2)N1CCCC(N2CCNCC2=O)C1. The van der Waals surface area contributed by atoms with Gasteiger partial charge in [-0.3, -0.25) is 9.59 Å². The number of nitrogens with zero attached hydrogens (tertiary/aromatic N) is 2. The molecule has 0 aromatic heterocycles. The molecule has 0 saturated carbocycles. The predicted molar refractivity (Wildman–Crippen MR) is 103 cm³/mol. The third-order valence-electron chi connectivity index (χ3n) is 5.25. The molecule has 8 heteroatoms. The number of hydrogen-bond acceptors (Lipinski definition) is 5. The molecule has 1 aromatic carbocycles. The molecular weight excluding hydrogens is 370 g/mol. The number of fused-ring (bicyclic) bond motifs is 1. The summed E-state index contributed by atoms with van der Waals surface area (Å²) in [6.45, 7) is 4.48. The summed E-state index contributed by atoms with van der Waals surface area (Å²) in [6.07, 6.45) is 2.71. The number of halogens is 1. The Morgan fingerprint density at radius 3 is 2.74 bits per heavy atom. The summed E-state index contributed by atoms with van der Waals surface area (Å²) in [7, 11) is 0. The maximum Gasteiger partial charge on any atom is 0.254 e. The number of rotatable bonds is 2. The van der Waals surface area contributed by atoms with E-state index in [1.54, 1.807) is 12.1 Å². The van der Waals surface area contributed by atoms with Crippen LogP contribution in [0, 0.1) is 0 Å². The molecule has 2 amide bonds. The molecule has 1 unspecified atom stereocenters. The van der Waals surface area contributed by atoms with Crippen LogP contribution in [0.1, 0.15) is 29.6 Å². The molecule has 3 aliphatic rings. The van der Waals surface area contributed by atoms with E-state index in [0.717, 1.165) is 38.9 Å². The monoisotopic (exact) mass is 395 g/mol. The smallest absolute Gasteiger partial charge is 0.254 e. The van der Waals surface area contributed by atoms with Gasteiger partial charge in [-0.15, -0.1) is 12.4 Å². The van der Waals surface area contributed by atoms with Crippen molar-refractivity contribution in [2.45, 2.75) is 25.3 Å². The summed E-state index contributed by atoms with van der Waals surface area (Å²) in [5.41, 5.74) is 0.613. The zero-order valence-electron chi connectivity index (χ0n) is 15.3. The maximum atomic E-state index is 13.0. The van der Waals surface area contributed by atoms with Crippen LogP contribution in [-0.2, 0) is 4.79 Å². The molecule has 27 heavy (non-hydrogen) atoms. The number of piperazine rings is 1. The van der Waals surface area contributed by atoms with Crippen molar-refractivity contribution in [2.24, 2.45) is 0 Å². The number of benzene rings is 1. The molecule has 7 nitrogen and oxygen atoms in total. The summed E-state index contributed by atoms with van der Waals surface area (Å²) in [4.78, 5) is 29.0. The number of ether oxygens (including phenoxy) is 2. The molecule has 2 fully saturated rings. The van der Waals surface area contributed by atoms with Gasteiger partial charge in [-0.2, -0.15) is 0 Å². The molecule has 1 aromatic rings. The standard InChI is InChI=1S/C19H25N3O4.ClH/c23-18-12-20-6-8-22(18)15-3-1-7-21(13-15)19(24)14-4-5-16-17(11-14)26-10-2-9-25-16;/h4-5,11,15,20H,1-3,6-10,12-13H2;1H. The predicted octanol–water partition coefficient (Wildman–Crippen LogP) is 1.31. The Morgan fingerprint density at radius 1 is 1.11 bits per heavy atom. The number of nitrogens with one attached hydrogen (secondary N) is 1. The van der Waals surface area contributed by atoms with Crippen molar-refractivity contribution in [3.8, 4) is 11.5 Å². The Morgan fingerprint density at radius 2 is 1.93 bits per heavy atom. The highest BCUT2D eigenvalue weighted by Gasteiger charge is 2.32. The first-order chi connectivity index (χ1) is 12.7. The van der Waals surface area contributed by atoms with Crippen LogP contribution in [0.15, 0.2) is 18.2 Å². The van der Waals surface area contributed by atoms with Gasteiger partial charge in [0, 0.05) is 44.2 Å². The van der Waals surface area contributed by atoms with Crippen molar-refractivity contribution < 1.29 is 19.1 Å². The molecule has 0 spiro atoms. The molecule has 4 rings (SSSR count). The van der Waals surface area contributed by atoms with Crippen LogP contribution in [-0.4, -0.2) is 73.6 Å². The van der Waals surface area contributed by atoms with Gasteiger partial charge in [-0.1, -0.05) is 0 Å². The lowest BCUT2D eigenvalue weighted by atomic mass is 10.0. The van der Waals surface area contributed by atoms with Crippen LogP contribution in [0.25, 0.3) is 0 Å². The van der Waals surface area contributed by atoms with Crippen molar-refractivity contribution in [3.05, 3.63) is 23.8 Å². The number of hydrogen-bond donors (Lipinski definition) is 1. The van der Waals surface area contributed by atoms with E-state index < -0.39 is 0 Å². The minimum atomic E-state index is -0.00655. The minimum absolute atomic E-state index is 0. The first-order valence-electron chi connectivity index (χ1n) is 9.41. The first-order valence-corrected chi connectivity index (χ1v) is 9.41. The fourth-order valence-corrected chi connectivity index (χ4v) is 3.88. The second kappa shape index (κ2) is 8.80.